The molecule has 0 spiro atoms. The van der Waals surface area contributed by atoms with Gasteiger partial charge in [0.15, 0.2) is 0 Å². The van der Waals surface area contributed by atoms with Crippen LogP contribution < -0.4 is 4.72 Å². The predicted octanol–water partition coefficient (Wildman–Crippen LogP) is 4.82. The maximum atomic E-state index is 12.4. The second-order valence-corrected chi connectivity index (χ2v) is 9.29. The first-order valence-corrected chi connectivity index (χ1v) is 9.95. The minimum atomic E-state index is -3.43. The Hall–Kier alpha value is -1.36. The molecule has 0 amide bonds. The van der Waals surface area contributed by atoms with Gasteiger partial charge < -0.3 is 0 Å². The summed E-state index contributed by atoms with van der Waals surface area (Å²) in [4.78, 5) is 0. The average Bonchev–Trinajstić information content (AvgIpc) is 2.48. The van der Waals surface area contributed by atoms with Crippen molar-refractivity contribution in [3.8, 4) is 0 Å². The van der Waals surface area contributed by atoms with Gasteiger partial charge in [-0.3, -0.25) is 0 Å². The molecule has 130 valence electrons. The van der Waals surface area contributed by atoms with Gasteiger partial charge in [0, 0.05) is 11.1 Å². The average molecular weight is 366 g/mol. The molecule has 0 aromatic heterocycles. The van der Waals surface area contributed by atoms with E-state index in [0.717, 1.165) is 5.56 Å². The topological polar surface area (TPSA) is 46.2 Å². The van der Waals surface area contributed by atoms with Crippen molar-refractivity contribution < 1.29 is 8.42 Å². The van der Waals surface area contributed by atoms with Crippen LogP contribution in [-0.4, -0.2) is 8.42 Å². The van der Waals surface area contributed by atoms with Crippen LogP contribution in [0.25, 0.3) is 0 Å². The molecule has 2 aromatic rings. The zero-order valence-electron chi connectivity index (χ0n) is 14.5. The Morgan fingerprint density at radius 2 is 1.54 bits per heavy atom. The van der Waals surface area contributed by atoms with Crippen molar-refractivity contribution in [2.75, 3.05) is 0 Å². The molecular formula is C19H24ClNO2S. The van der Waals surface area contributed by atoms with Gasteiger partial charge in [-0.1, -0.05) is 68.8 Å². The number of benzene rings is 2. The van der Waals surface area contributed by atoms with Crippen molar-refractivity contribution in [2.45, 2.75) is 44.9 Å². The van der Waals surface area contributed by atoms with Crippen LogP contribution in [0.4, 0.5) is 0 Å². The van der Waals surface area contributed by atoms with Crippen LogP contribution in [0.3, 0.4) is 0 Å². The first kappa shape index (κ1) is 19.0. The lowest BCUT2D eigenvalue weighted by molar-refractivity contribution is 0.565. The van der Waals surface area contributed by atoms with E-state index in [9.17, 15) is 8.42 Å². The van der Waals surface area contributed by atoms with Gasteiger partial charge in [-0.05, 0) is 41.2 Å². The summed E-state index contributed by atoms with van der Waals surface area (Å²) in [6, 6.07) is 14.6. The van der Waals surface area contributed by atoms with Gasteiger partial charge in [0.1, 0.15) is 0 Å². The summed E-state index contributed by atoms with van der Waals surface area (Å²) in [5.74, 6) is -0.0609. The SMILES string of the molecule is C[C@@H](NS(=O)(=O)Cc1ccc(Cl)cc1)c1ccc(C(C)(C)C)cc1. The molecule has 1 N–H and O–H groups in total. The number of hydrogen-bond donors (Lipinski definition) is 1. The minimum absolute atomic E-state index is 0.0609. The Kier molecular flexibility index (Phi) is 5.74. The third kappa shape index (κ3) is 5.33. The van der Waals surface area contributed by atoms with Crippen molar-refractivity contribution in [3.05, 3.63) is 70.2 Å². The molecule has 2 aromatic carbocycles. The molecule has 1 atom stereocenters. The van der Waals surface area contributed by atoms with E-state index in [1.165, 1.54) is 5.56 Å². The summed E-state index contributed by atoms with van der Waals surface area (Å²) in [5.41, 5.74) is 2.96. The smallest absolute Gasteiger partial charge is 0.212 e. The fraction of sp³-hybridized carbons (Fsp3) is 0.368. The molecule has 0 saturated carbocycles. The summed E-state index contributed by atoms with van der Waals surface area (Å²) in [6.07, 6.45) is 0. The molecule has 0 bridgehead atoms. The van der Waals surface area contributed by atoms with E-state index in [2.05, 4.69) is 37.6 Å². The molecular weight excluding hydrogens is 342 g/mol. The van der Waals surface area contributed by atoms with E-state index in [-0.39, 0.29) is 17.2 Å². The minimum Gasteiger partial charge on any atom is -0.212 e. The van der Waals surface area contributed by atoms with Crippen LogP contribution >= 0.6 is 11.6 Å². The Labute approximate surface area is 150 Å². The van der Waals surface area contributed by atoms with E-state index < -0.39 is 10.0 Å². The summed E-state index contributed by atoms with van der Waals surface area (Å²) in [7, 11) is -3.43. The Morgan fingerprint density at radius 3 is 2.04 bits per heavy atom. The Bertz CT molecular complexity index is 776. The first-order valence-electron chi connectivity index (χ1n) is 7.92. The zero-order valence-corrected chi connectivity index (χ0v) is 16.1. The van der Waals surface area contributed by atoms with Gasteiger partial charge in [0.05, 0.1) is 5.75 Å². The second-order valence-electron chi connectivity index (χ2n) is 7.10. The van der Waals surface area contributed by atoms with Gasteiger partial charge in [-0.2, -0.15) is 0 Å². The number of halogens is 1. The van der Waals surface area contributed by atoms with Gasteiger partial charge >= 0.3 is 0 Å². The fourth-order valence-corrected chi connectivity index (χ4v) is 3.97. The van der Waals surface area contributed by atoms with E-state index in [0.29, 0.717) is 10.6 Å². The van der Waals surface area contributed by atoms with Crippen LogP contribution in [0, 0.1) is 0 Å². The molecule has 0 aliphatic heterocycles. The van der Waals surface area contributed by atoms with Crippen molar-refractivity contribution in [1.29, 1.82) is 0 Å². The maximum absolute atomic E-state index is 12.4. The van der Waals surface area contributed by atoms with Crippen LogP contribution in [-0.2, 0) is 21.2 Å². The predicted molar refractivity (Wildman–Crippen MR) is 101 cm³/mol. The molecule has 24 heavy (non-hydrogen) atoms. The zero-order chi connectivity index (χ0) is 18.0. The van der Waals surface area contributed by atoms with E-state index in [1.807, 2.05) is 19.1 Å². The van der Waals surface area contributed by atoms with Crippen molar-refractivity contribution >= 4 is 21.6 Å². The van der Waals surface area contributed by atoms with E-state index in [4.69, 9.17) is 11.6 Å². The monoisotopic (exact) mass is 365 g/mol. The maximum Gasteiger partial charge on any atom is 0.216 e. The van der Waals surface area contributed by atoms with Crippen LogP contribution in [0.1, 0.15) is 50.4 Å². The summed E-state index contributed by atoms with van der Waals surface area (Å²) in [5, 5.41) is 0.594. The summed E-state index contributed by atoms with van der Waals surface area (Å²) in [6.45, 7) is 8.31. The standard InChI is InChI=1S/C19H24ClNO2S/c1-14(16-7-9-17(10-8-16)19(2,3)4)21-24(22,23)13-15-5-11-18(20)12-6-15/h5-12,14,21H,13H2,1-4H3/t14-/m1/s1. The summed E-state index contributed by atoms with van der Waals surface area (Å²) < 4.78 is 27.4. The van der Waals surface area contributed by atoms with Crippen molar-refractivity contribution in [2.24, 2.45) is 0 Å². The third-order valence-electron chi connectivity index (χ3n) is 3.90. The molecule has 0 saturated heterocycles. The molecule has 0 aliphatic rings. The van der Waals surface area contributed by atoms with Gasteiger partial charge in [0.2, 0.25) is 10.0 Å². The molecule has 0 aliphatic carbocycles. The number of nitrogens with one attached hydrogen (secondary N) is 1. The molecule has 5 heteroatoms. The molecule has 0 unspecified atom stereocenters. The number of rotatable bonds is 5. The van der Waals surface area contributed by atoms with Crippen LogP contribution in [0.2, 0.25) is 5.02 Å². The largest absolute Gasteiger partial charge is 0.216 e. The van der Waals surface area contributed by atoms with Crippen LogP contribution in [0.15, 0.2) is 48.5 Å². The lowest BCUT2D eigenvalue weighted by Gasteiger charge is -2.20. The van der Waals surface area contributed by atoms with E-state index in [1.54, 1.807) is 24.3 Å². The molecule has 0 heterocycles. The highest BCUT2D eigenvalue weighted by Crippen LogP contribution is 2.24. The number of hydrogen-bond acceptors (Lipinski definition) is 2. The highest BCUT2D eigenvalue weighted by atomic mass is 35.5. The summed E-state index contributed by atoms with van der Waals surface area (Å²) >= 11 is 5.83. The second kappa shape index (κ2) is 7.26. The van der Waals surface area contributed by atoms with Gasteiger partial charge in [-0.15, -0.1) is 0 Å². The highest BCUT2D eigenvalue weighted by Gasteiger charge is 2.18. The lowest BCUT2D eigenvalue weighted by Crippen LogP contribution is -2.28. The Morgan fingerprint density at radius 1 is 1.00 bits per heavy atom. The van der Waals surface area contributed by atoms with E-state index >= 15 is 0 Å². The third-order valence-corrected chi connectivity index (χ3v) is 5.58. The Balaban J connectivity index is 2.07. The number of sulfonamides is 1. The van der Waals surface area contributed by atoms with Crippen molar-refractivity contribution in [3.63, 3.8) is 0 Å². The first-order chi connectivity index (χ1) is 11.1. The molecule has 0 fully saturated rings. The van der Waals surface area contributed by atoms with Gasteiger partial charge in [-0.25, -0.2) is 13.1 Å². The quantitative estimate of drug-likeness (QED) is 0.825. The fourth-order valence-electron chi connectivity index (χ4n) is 2.45. The molecule has 0 radical (unpaired) electrons. The van der Waals surface area contributed by atoms with Crippen molar-refractivity contribution in [1.82, 2.24) is 4.72 Å². The molecule has 3 nitrogen and oxygen atoms in total. The van der Waals surface area contributed by atoms with Gasteiger partial charge in [0.25, 0.3) is 0 Å². The highest BCUT2D eigenvalue weighted by molar-refractivity contribution is 7.88. The lowest BCUT2D eigenvalue weighted by atomic mass is 9.86. The molecule has 2 rings (SSSR count). The normalized spacial score (nSPS) is 13.7. The van der Waals surface area contributed by atoms with Crippen LogP contribution in [0.5, 0.6) is 0 Å².